The molecule has 0 aliphatic rings. The van der Waals surface area contributed by atoms with Crippen LogP contribution in [0, 0.1) is 12.8 Å². The smallest absolute Gasteiger partial charge is 0.251 e. The van der Waals surface area contributed by atoms with Gasteiger partial charge in [0.15, 0.2) is 0 Å². The summed E-state index contributed by atoms with van der Waals surface area (Å²) >= 11 is 0. The molecule has 0 radical (unpaired) electrons. The van der Waals surface area contributed by atoms with E-state index in [0.29, 0.717) is 29.8 Å². The van der Waals surface area contributed by atoms with Crippen LogP contribution in [0.4, 0.5) is 5.69 Å². The minimum atomic E-state index is -0.0382. The lowest BCUT2D eigenvalue weighted by molar-refractivity contribution is 0.0938. The van der Waals surface area contributed by atoms with Gasteiger partial charge in [-0.25, -0.2) is 0 Å². The number of nitrogen functional groups attached to an aromatic ring is 1. The summed E-state index contributed by atoms with van der Waals surface area (Å²) in [6.07, 6.45) is 1.06. The lowest BCUT2D eigenvalue weighted by atomic mass is 10.0. The molecule has 3 N–H and O–H groups in total. The number of nitrogens with zero attached hydrogens (tertiary/aromatic N) is 1. The second kappa shape index (κ2) is 7.29. The zero-order valence-electron chi connectivity index (χ0n) is 13.2. The molecular weight excluding hydrogens is 250 g/mol. The van der Waals surface area contributed by atoms with Crippen molar-refractivity contribution < 1.29 is 4.79 Å². The first kappa shape index (κ1) is 16.5. The maximum atomic E-state index is 12.2. The third-order valence-electron chi connectivity index (χ3n) is 3.50. The Hall–Kier alpha value is -1.55. The monoisotopic (exact) mass is 277 g/mol. The van der Waals surface area contributed by atoms with Gasteiger partial charge >= 0.3 is 0 Å². The Labute approximate surface area is 122 Å². The number of carbonyl (C=O) groups excluding carboxylic acids is 1. The summed E-state index contributed by atoms with van der Waals surface area (Å²) in [7, 11) is 4.10. The van der Waals surface area contributed by atoms with Crippen LogP contribution in [0.2, 0.25) is 0 Å². The molecule has 1 aromatic rings. The molecule has 0 heterocycles. The van der Waals surface area contributed by atoms with Gasteiger partial charge in [-0.2, -0.15) is 0 Å². The number of benzene rings is 1. The second-order valence-electron chi connectivity index (χ2n) is 6.03. The maximum absolute atomic E-state index is 12.2. The normalized spacial score (nSPS) is 12.8. The molecule has 4 heteroatoms. The van der Waals surface area contributed by atoms with Gasteiger partial charge < -0.3 is 16.0 Å². The molecule has 1 amide bonds. The van der Waals surface area contributed by atoms with Crippen LogP contribution >= 0.6 is 0 Å². The fourth-order valence-corrected chi connectivity index (χ4v) is 2.15. The third kappa shape index (κ3) is 4.85. The Kier molecular flexibility index (Phi) is 6.02. The first-order valence-corrected chi connectivity index (χ1v) is 7.12. The zero-order valence-corrected chi connectivity index (χ0v) is 13.2. The zero-order chi connectivity index (χ0) is 15.3. The molecule has 0 saturated carbocycles. The first-order chi connectivity index (χ1) is 9.31. The molecule has 0 saturated heterocycles. The van der Waals surface area contributed by atoms with Gasteiger partial charge in [0, 0.05) is 23.8 Å². The van der Waals surface area contributed by atoms with E-state index in [9.17, 15) is 4.79 Å². The van der Waals surface area contributed by atoms with Crippen molar-refractivity contribution in [1.29, 1.82) is 0 Å². The average molecular weight is 277 g/mol. The van der Waals surface area contributed by atoms with E-state index in [-0.39, 0.29) is 5.91 Å². The van der Waals surface area contributed by atoms with Crippen LogP contribution in [-0.4, -0.2) is 37.5 Å². The van der Waals surface area contributed by atoms with Crippen molar-refractivity contribution in [3.8, 4) is 0 Å². The third-order valence-corrected chi connectivity index (χ3v) is 3.50. The molecular formula is C16H27N3O. The highest BCUT2D eigenvalue weighted by molar-refractivity contribution is 5.94. The highest BCUT2D eigenvalue weighted by Crippen LogP contribution is 2.13. The van der Waals surface area contributed by atoms with E-state index in [1.54, 1.807) is 12.1 Å². The number of amides is 1. The fraction of sp³-hybridized carbons (Fsp3) is 0.562. The van der Waals surface area contributed by atoms with E-state index in [4.69, 9.17) is 5.73 Å². The quantitative estimate of drug-likeness (QED) is 0.784. The molecule has 112 valence electrons. The van der Waals surface area contributed by atoms with Gasteiger partial charge in [-0.05, 0) is 57.1 Å². The van der Waals surface area contributed by atoms with Crippen LogP contribution in [0.5, 0.6) is 0 Å². The van der Waals surface area contributed by atoms with Crippen LogP contribution in [-0.2, 0) is 0 Å². The van der Waals surface area contributed by atoms with Gasteiger partial charge in [0.2, 0.25) is 0 Å². The maximum Gasteiger partial charge on any atom is 0.251 e. The van der Waals surface area contributed by atoms with Crippen LogP contribution < -0.4 is 11.1 Å². The summed E-state index contributed by atoms with van der Waals surface area (Å²) in [6, 6.07) is 5.73. The Morgan fingerprint density at radius 2 is 2.00 bits per heavy atom. The van der Waals surface area contributed by atoms with Crippen molar-refractivity contribution in [3.05, 3.63) is 29.3 Å². The summed E-state index contributed by atoms with van der Waals surface area (Å²) < 4.78 is 0. The molecule has 4 nitrogen and oxygen atoms in total. The first-order valence-electron chi connectivity index (χ1n) is 7.12. The number of rotatable bonds is 6. The Balaban J connectivity index is 2.63. The molecule has 20 heavy (non-hydrogen) atoms. The van der Waals surface area contributed by atoms with Crippen molar-refractivity contribution in [2.75, 3.05) is 26.4 Å². The summed E-state index contributed by atoms with van der Waals surface area (Å²) in [6.45, 7) is 6.96. The van der Waals surface area contributed by atoms with Crippen LogP contribution in [0.1, 0.15) is 36.2 Å². The SMILES string of the molecule is Cc1cc(C(=O)NCC(CC(C)C)N(C)C)ccc1N. The molecule has 0 spiro atoms. The largest absolute Gasteiger partial charge is 0.399 e. The number of hydrogen-bond donors (Lipinski definition) is 2. The van der Waals surface area contributed by atoms with Gasteiger partial charge in [0.05, 0.1) is 0 Å². The van der Waals surface area contributed by atoms with Gasteiger partial charge in [-0.15, -0.1) is 0 Å². The number of nitrogens with two attached hydrogens (primary N) is 1. The summed E-state index contributed by atoms with van der Waals surface area (Å²) in [5.74, 6) is 0.571. The number of anilines is 1. The standard InChI is InChI=1S/C16H27N3O/c1-11(2)8-14(19(4)5)10-18-16(20)13-6-7-15(17)12(3)9-13/h6-7,9,11,14H,8,10,17H2,1-5H3,(H,18,20). The van der Waals surface area contributed by atoms with Crippen molar-refractivity contribution in [2.45, 2.75) is 33.2 Å². The Bertz CT molecular complexity index is 455. The predicted octanol–water partition coefficient (Wildman–Crippen LogP) is 2.28. The van der Waals surface area contributed by atoms with Crippen molar-refractivity contribution in [2.24, 2.45) is 5.92 Å². The van der Waals surface area contributed by atoms with Crippen molar-refractivity contribution in [3.63, 3.8) is 0 Å². The number of likely N-dealkylation sites (N-methyl/N-ethyl adjacent to an activating group) is 1. The van der Waals surface area contributed by atoms with Crippen LogP contribution in [0.15, 0.2) is 18.2 Å². The van der Waals surface area contributed by atoms with E-state index >= 15 is 0 Å². The van der Waals surface area contributed by atoms with Gasteiger partial charge in [-0.3, -0.25) is 4.79 Å². The van der Waals surface area contributed by atoms with E-state index in [1.807, 2.05) is 27.1 Å². The highest BCUT2D eigenvalue weighted by atomic mass is 16.1. The molecule has 1 atom stereocenters. The van der Waals surface area contributed by atoms with E-state index in [0.717, 1.165) is 12.0 Å². The van der Waals surface area contributed by atoms with Gasteiger partial charge in [0.25, 0.3) is 5.91 Å². The van der Waals surface area contributed by atoms with E-state index in [1.165, 1.54) is 0 Å². The molecule has 1 aromatic carbocycles. The molecule has 1 rings (SSSR count). The Morgan fingerprint density at radius 3 is 2.50 bits per heavy atom. The number of nitrogens with one attached hydrogen (secondary N) is 1. The lowest BCUT2D eigenvalue weighted by Gasteiger charge is -2.26. The topological polar surface area (TPSA) is 58.4 Å². The lowest BCUT2D eigenvalue weighted by Crippen LogP contribution is -2.41. The van der Waals surface area contributed by atoms with Crippen LogP contribution in [0.3, 0.4) is 0 Å². The van der Waals surface area contributed by atoms with E-state index in [2.05, 4.69) is 24.1 Å². The predicted molar refractivity (Wildman–Crippen MR) is 84.9 cm³/mol. The molecule has 0 aromatic heterocycles. The summed E-state index contributed by atoms with van der Waals surface area (Å²) in [5.41, 5.74) is 8.08. The molecule has 0 aliphatic carbocycles. The van der Waals surface area contributed by atoms with E-state index < -0.39 is 0 Å². The van der Waals surface area contributed by atoms with Crippen molar-refractivity contribution >= 4 is 11.6 Å². The molecule has 0 bridgehead atoms. The number of aryl methyl sites for hydroxylation is 1. The molecule has 0 fully saturated rings. The minimum absolute atomic E-state index is 0.0382. The second-order valence-corrected chi connectivity index (χ2v) is 6.03. The molecule has 1 unspecified atom stereocenters. The summed E-state index contributed by atoms with van der Waals surface area (Å²) in [5, 5.41) is 3.01. The number of hydrogen-bond acceptors (Lipinski definition) is 3. The Morgan fingerprint density at radius 1 is 1.35 bits per heavy atom. The highest BCUT2D eigenvalue weighted by Gasteiger charge is 2.15. The van der Waals surface area contributed by atoms with Gasteiger partial charge in [0.1, 0.15) is 0 Å². The minimum Gasteiger partial charge on any atom is -0.399 e. The fourth-order valence-electron chi connectivity index (χ4n) is 2.15. The van der Waals surface area contributed by atoms with Crippen molar-refractivity contribution in [1.82, 2.24) is 10.2 Å². The average Bonchev–Trinajstić information content (AvgIpc) is 2.36. The summed E-state index contributed by atoms with van der Waals surface area (Å²) in [4.78, 5) is 14.3. The molecule has 0 aliphatic heterocycles. The number of carbonyl (C=O) groups is 1. The van der Waals surface area contributed by atoms with Gasteiger partial charge in [-0.1, -0.05) is 13.8 Å². The van der Waals surface area contributed by atoms with Crippen LogP contribution in [0.25, 0.3) is 0 Å².